The predicted octanol–water partition coefficient (Wildman–Crippen LogP) is 1.45. The average Bonchev–Trinajstić information content (AvgIpc) is 2.18. The first-order valence-electron chi connectivity index (χ1n) is 4.34. The average molecular weight is 228 g/mol. The van der Waals surface area contributed by atoms with Gasteiger partial charge in [-0.15, -0.1) is 4.36 Å². The summed E-state index contributed by atoms with van der Waals surface area (Å²) >= 11 is 0. The van der Waals surface area contributed by atoms with Crippen LogP contribution in [0.5, 0.6) is 0 Å². The summed E-state index contributed by atoms with van der Waals surface area (Å²) in [5.41, 5.74) is 5.98. The molecule has 0 bridgehead atoms. The number of amides is 1. The maximum absolute atomic E-state index is 11.5. The van der Waals surface area contributed by atoms with Crippen LogP contribution in [0.4, 0.5) is 10.5 Å². The molecule has 0 heterocycles. The minimum atomic E-state index is -2.12. The number of carbonyl (C=O) groups excluding carboxylic acids is 1. The van der Waals surface area contributed by atoms with Gasteiger partial charge in [0.2, 0.25) is 0 Å². The lowest BCUT2D eigenvalue weighted by molar-refractivity contribution is 0.164. The van der Waals surface area contributed by atoms with Crippen LogP contribution < -0.4 is 5.73 Å². The molecule has 1 unspecified atom stereocenters. The van der Waals surface area contributed by atoms with Crippen LogP contribution in [0.2, 0.25) is 0 Å². The summed E-state index contributed by atoms with van der Waals surface area (Å²) in [5.74, 6) is 0. The highest BCUT2D eigenvalue weighted by molar-refractivity contribution is 7.75. The Morgan fingerprint density at radius 3 is 2.93 bits per heavy atom. The Morgan fingerprint density at radius 1 is 1.60 bits per heavy atom. The molecule has 5 nitrogen and oxygen atoms in total. The molecule has 0 saturated heterocycles. The third-order valence-corrected chi connectivity index (χ3v) is 2.60. The van der Waals surface area contributed by atoms with Crippen molar-refractivity contribution in [1.29, 1.82) is 0 Å². The van der Waals surface area contributed by atoms with Crippen LogP contribution in [0.25, 0.3) is 0 Å². The molecule has 2 N–H and O–H groups in total. The number of hydrogen-bond acceptors (Lipinski definition) is 4. The number of nitrogens with zero attached hydrogens (tertiary/aromatic N) is 1. The van der Waals surface area contributed by atoms with Crippen molar-refractivity contribution in [2.24, 2.45) is 4.36 Å². The SMILES string of the molecule is CCOC(=O)/N=[SH](=O)/c1cccc(N)c1. The van der Waals surface area contributed by atoms with E-state index >= 15 is 0 Å². The second-order valence-electron chi connectivity index (χ2n) is 2.67. The number of thiol groups is 1. The van der Waals surface area contributed by atoms with Gasteiger partial charge in [-0.05, 0) is 25.1 Å². The summed E-state index contributed by atoms with van der Waals surface area (Å²) in [6, 6.07) is 6.43. The van der Waals surface area contributed by atoms with E-state index in [1.807, 2.05) is 0 Å². The van der Waals surface area contributed by atoms with Crippen LogP contribution in [0, 0.1) is 0 Å². The van der Waals surface area contributed by atoms with Crippen molar-refractivity contribution in [3.8, 4) is 0 Å². The van der Waals surface area contributed by atoms with Crippen molar-refractivity contribution in [2.75, 3.05) is 12.3 Å². The van der Waals surface area contributed by atoms with Gasteiger partial charge in [-0.3, -0.25) is 0 Å². The Hall–Kier alpha value is -1.56. The lowest BCUT2D eigenvalue weighted by Crippen LogP contribution is -1.98. The van der Waals surface area contributed by atoms with Crippen molar-refractivity contribution in [2.45, 2.75) is 11.8 Å². The summed E-state index contributed by atoms with van der Waals surface area (Å²) < 4.78 is 19.4. The predicted molar refractivity (Wildman–Crippen MR) is 58.1 cm³/mol. The largest absolute Gasteiger partial charge is 0.448 e. The molecule has 1 amide bonds. The zero-order valence-corrected chi connectivity index (χ0v) is 9.11. The molecule has 0 fully saturated rings. The lowest BCUT2D eigenvalue weighted by atomic mass is 10.3. The van der Waals surface area contributed by atoms with Crippen molar-refractivity contribution in [3.63, 3.8) is 0 Å². The fourth-order valence-electron chi connectivity index (χ4n) is 0.928. The van der Waals surface area contributed by atoms with Crippen molar-refractivity contribution >= 4 is 22.4 Å². The van der Waals surface area contributed by atoms with Gasteiger partial charge in [0, 0.05) is 10.6 Å². The minimum absolute atomic E-state index is 0.211. The molecule has 0 saturated carbocycles. The highest BCUT2D eigenvalue weighted by atomic mass is 32.2. The third-order valence-electron chi connectivity index (χ3n) is 1.53. The summed E-state index contributed by atoms with van der Waals surface area (Å²) in [6.45, 7) is 1.86. The summed E-state index contributed by atoms with van der Waals surface area (Å²) in [7, 11) is -2.12. The number of nitrogen functional groups attached to an aromatic ring is 1. The zero-order valence-electron chi connectivity index (χ0n) is 8.21. The van der Waals surface area contributed by atoms with Gasteiger partial charge in [-0.25, -0.2) is 9.00 Å². The van der Waals surface area contributed by atoms with E-state index in [0.717, 1.165) is 0 Å². The Labute approximate surface area is 89.5 Å². The van der Waals surface area contributed by atoms with E-state index < -0.39 is 16.7 Å². The molecule has 82 valence electrons. The molecule has 0 radical (unpaired) electrons. The summed E-state index contributed by atoms with van der Waals surface area (Å²) in [5, 5.41) is 0. The number of nitrogens with two attached hydrogens (primary N) is 1. The molecule has 1 atom stereocenters. The van der Waals surface area contributed by atoms with Gasteiger partial charge in [0.1, 0.15) is 0 Å². The summed E-state index contributed by atoms with van der Waals surface area (Å²) in [4.78, 5) is 11.3. The maximum atomic E-state index is 11.5. The van der Waals surface area contributed by atoms with Gasteiger partial charge in [0.05, 0.1) is 17.2 Å². The van der Waals surface area contributed by atoms with E-state index in [9.17, 15) is 9.00 Å². The zero-order chi connectivity index (χ0) is 11.3. The molecule has 0 spiro atoms. The molecule has 6 heteroatoms. The number of rotatable bonds is 2. The molecule has 1 aromatic carbocycles. The van der Waals surface area contributed by atoms with Gasteiger partial charge in [0.25, 0.3) is 0 Å². The fraction of sp³-hybridized carbons (Fsp3) is 0.222. The van der Waals surface area contributed by atoms with E-state index in [0.29, 0.717) is 10.6 Å². The van der Waals surface area contributed by atoms with Gasteiger partial charge >= 0.3 is 6.09 Å². The lowest BCUT2D eigenvalue weighted by Gasteiger charge is -1.96. The normalized spacial score (nSPS) is 12.3. The highest BCUT2D eigenvalue weighted by Gasteiger charge is 1.99. The van der Waals surface area contributed by atoms with Crippen LogP contribution in [-0.4, -0.2) is 16.9 Å². The van der Waals surface area contributed by atoms with Crippen LogP contribution in [0.3, 0.4) is 0 Å². The van der Waals surface area contributed by atoms with Crippen LogP contribution in [-0.2, 0) is 15.3 Å². The molecular formula is C9H12N2O3S. The van der Waals surface area contributed by atoms with Gasteiger partial charge < -0.3 is 10.5 Å². The van der Waals surface area contributed by atoms with E-state index in [4.69, 9.17) is 5.73 Å². The molecule has 0 aliphatic rings. The quantitative estimate of drug-likeness (QED) is 0.593. The number of carbonyl (C=O) groups is 1. The second-order valence-corrected chi connectivity index (χ2v) is 3.93. The Bertz CT molecular complexity index is 439. The first-order valence-corrected chi connectivity index (χ1v) is 5.56. The molecule has 1 rings (SSSR count). The Kier molecular flexibility index (Phi) is 4.11. The van der Waals surface area contributed by atoms with Crippen molar-refractivity contribution in [3.05, 3.63) is 24.3 Å². The smallest absolute Gasteiger partial charge is 0.441 e. The van der Waals surface area contributed by atoms with Gasteiger partial charge in [-0.2, -0.15) is 0 Å². The van der Waals surface area contributed by atoms with Crippen LogP contribution >= 0.6 is 0 Å². The molecule has 0 aliphatic carbocycles. The number of ether oxygens (including phenoxy) is 1. The number of benzene rings is 1. The number of anilines is 1. The first-order chi connectivity index (χ1) is 7.13. The number of hydrogen-bond donors (Lipinski definition) is 2. The van der Waals surface area contributed by atoms with Crippen LogP contribution in [0.1, 0.15) is 6.92 Å². The topological polar surface area (TPSA) is 81.8 Å². The van der Waals surface area contributed by atoms with E-state index in [2.05, 4.69) is 9.10 Å². The second kappa shape index (κ2) is 5.35. The van der Waals surface area contributed by atoms with E-state index in [1.165, 1.54) is 6.07 Å². The summed E-state index contributed by atoms with van der Waals surface area (Å²) in [6.07, 6.45) is -0.818. The Morgan fingerprint density at radius 2 is 2.33 bits per heavy atom. The fourth-order valence-corrected chi connectivity index (χ4v) is 1.72. The Balaban J connectivity index is 2.89. The highest BCUT2D eigenvalue weighted by Crippen LogP contribution is 2.08. The van der Waals surface area contributed by atoms with Crippen molar-refractivity contribution in [1.82, 2.24) is 0 Å². The molecule has 1 aromatic rings. The van der Waals surface area contributed by atoms with Crippen LogP contribution in [0.15, 0.2) is 33.5 Å². The monoisotopic (exact) mass is 228 g/mol. The first kappa shape index (κ1) is 11.5. The molecule has 0 aromatic heterocycles. The minimum Gasteiger partial charge on any atom is -0.448 e. The molecule has 0 aliphatic heterocycles. The maximum Gasteiger partial charge on any atom is 0.441 e. The molecule has 15 heavy (non-hydrogen) atoms. The van der Waals surface area contributed by atoms with Crippen molar-refractivity contribution < 1.29 is 13.7 Å². The standard InChI is InChI=1S/C9H12N2O3S/c1-2-14-9(12)11-15(13)8-5-3-4-7(10)6-8/h3-6,15H,2,10H2,1H3. The van der Waals surface area contributed by atoms with E-state index in [1.54, 1.807) is 25.1 Å². The third kappa shape index (κ3) is 3.59. The van der Waals surface area contributed by atoms with E-state index in [-0.39, 0.29) is 6.61 Å². The van der Waals surface area contributed by atoms with Gasteiger partial charge in [-0.1, -0.05) is 6.07 Å². The van der Waals surface area contributed by atoms with Gasteiger partial charge in [0.15, 0.2) is 0 Å². The molecular weight excluding hydrogens is 216 g/mol.